The molecule has 0 aliphatic rings. The van der Waals surface area contributed by atoms with Gasteiger partial charge in [0.2, 0.25) is 0 Å². The van der Waals surface area contributed by atoms with Crippen LogP contribution in [0.2, 0.25) is 0 Å². The molecule has 0 radical (unpaired) electrons. The zero-order valence-electron chi connectivity index (χ0n) is 8.75. The van der Waals surface area contributed by atoms with Crippen molar-refractivity contribution in [1.29, 1.82) is 0 Å². The van der Waals surface area contributed by atoms with E-state index in [9.17, 15) is 0 Å². The highest BCUT2D eigenvalue weighted by molar-refractivity contribution is 5.85. The molecule has 0 unspecified atom stereocenters. The maximum absolute atomic E-state index is 4.94. The average molecular weight is 216 g/mol. The second-order valence-electron chi connectivity index (χ2n) is 3.16. The molecule has 0 fully saturated rings. The number of benzene rings is 1. The van der Waals surface area contributed by atoms with Gasteiger partial charge in [-0.1, -0.05) is 29.8 Å². The topological polar surface area (TPSA) is 21.3 Å². The molecular formula is C11H18ClNO. The van der Waals surface area contributed by atoms with Gasteiger partial charge in [0.1, 0.15) is 0 Å². The number of methoxy groups -OCH3 is 1. The largest absolute Gasteiger partial charge is 0.383 e. The third-order valence-electron chi connectivity index (χ3n) is 1.93. The lowest BCUT2D eigenvalue weighted by molar-refractivity contribution is 0.199. The summed E-state index contributed by atoms with van der Waals surface area (Å²) >= 11 is 0. The minimum atomic E-state index is 0. The molecule has 0 saturated carbocycles. The van der Waals surface area contributed by atoms with E-state index in [1.807, 2.05) is 0 Å². The summed E-state index contributed by atoms with van der Waals surface area (Å²) in [4.78, 5) is 0. The van der Waals surface area contributed by atoms with Gasteiger partial charge >= 0.3 is 0 Å². The molecule has 0 heterocycles. The Kier molecular flexibility index (Phi) is 7.48. The van der Waals surface area contributed by atoms with E-state index in [0.29, 0.717) is 0 Å². The van der Waals surface area contributed by atoms with Crippen molar-refractivity contribution in [3.63, 3.8) is 0 Å². The molecule has 0 saturated heterocycles. The predicted molar refractivity (Wildman–Crippen MR) is 62.0 cm³/mol. The molecule has 3 heteroatoms. The van der Waals surface area contributed by atoms with Crippen molar-refractivity contribution < 1.29 is 4.74 Å². The van der Waals surface area contributed by atoms with Crippen molar-refractivity contribution in [3.05, 3.63) is 35.4 Å². The fourth-order valence-electron chi connectivity index (χ4n) is 1.11. The second-order valence-corrected chi connectivity index (χ2v) is 3.16. The molecule has 1 aromatic rings. The van der Waals surface area contributed by atoms with Crippen LogP contribution in [0.5, 0.6) is 0 Å². The number of hydrogen-bond donors (Lipinski definition) is 1. The van der Waals surface area contributed by atoms with Crippen molar-refractivity contribution in [1.82, 2.24) is 5.32 Å². The average Bonchev–Trinajstić information content (AvgIpc) is 2.15. The van der Waals surface area contributed by atoms with Crippen molar-refractivity contribution in [2.24, 2.45) is 0 Å². The number of aryl methyl sites for hydroxylation is 1. The lowest BCUT2D eigenvalue weighted by atomic mass is 10.1. The van der Waals surface area contributed by atoms with E-state index in [4.69, 9.17) is 4.74 Å². The standard InChI is InChI=1S/C11H17NO.ClH/c1-10-3-5-11(6-4-10)9-12-7-8-13-2;/h3-6,12H,7-9H2,1-2H3;1H. The minimum absolute atomic E-state index is 0. The molecule has 0 aliphatic carbocycles. The van der Waals surface area contributed by atoms with Gasteiger partial charge in [-0.15, -0.1) is 12.4 Å². The van der Waals surface area contributed by atoms with Crippen LogP contribution < -0.4 is 5.32 Å². The quantitative estimate of drug-likeness (QED) is 0.761. The van der Waals surface area contributed by atoms with Gasteiger partial charge in [0.05, 0.1) is 6.61 Å². The van der Waals surface area contributed by atoms with Crippen molar-refractivity contribution in [2.75, 3.05) is 20.3 Å². The Hall–Kier alpha value is -0.570. The smallest absolute Gasteiger partial charge is 0.0587 e. The van der Waals surface area contributed by atoms with E-state index >= 15 is 0 Å². The van der Waals surface area contributed by atoms with Gasteiger partial charge in [-0.25, -0.2) is 0 Å². The Morgan fingerprint density at radius 2 is 1.86 bits per heavy atom. The molecule has 0 aromatic heterocycles. The molecule has 0 amide bonds. The number of hydrogen-bond acceptors (Lipinski definition) is 2. The Morgan fingerprint density at radius 1 is 1.21 bits per heavy atom. The van der Waals surface area contributed by atoms with Gasteiger partial charge in [-0.05, 0) is 12.5 Å². The highest BCUT2D eigenvalue weighted by atomic mass is 35.5. The molecule has 0 atom stereocenters. The first-order valence-electron chi connectivity index (χ1n) is 4.58. The summed E-state index contributed by atoms with van der Waals surface area (Å²) < 4.78 is 4.94. The molecule has 0 bridgehead atoms. The Bertz CT molecular complexity index is 236. The number of rotatable bonds is 5. The van der Waals surface area contributed by atoms with Crippen LogP contribution in [0.25, 0.3) is 0 Å². The normalized spacial score (nSPS) is 9.57. The SMILES string of the molecule is COCCNCc1ccc(C)cc1.Cl. The van der Waals surface area contributed by atoms with Gasteiger partial charge < -0.3 is 10.1 Å². The zero-order chi connectivity index (χ0) is 9.52. The molecular weight excluding hydrogens is 198 g/mol. The summed E-state index contributed by atoms with van der Waals surface area (Å²) in [5, 5.41) is 3.30. The van der Waals surface area contributed by atoms with Gasteiger partial charge in [-0.2, -0.15) is 0 Å². The fraction of sp³-hybridized carbons (Fsp3) is 0.455. The van der Waals surface area contributed by atoms with Crippen LogP contribution in [0, 0.1) is 6.92 Å². The Morgan fingerprint density at radius 3 is 2.43 bits per heavy atom. The Labute approximate surface area is 92.1 Å². The third-order valence-corrected chi connectivity index (χ3v) is 1.93. The van der Waals surface area contributed by atoms with E-state index < -0.39 is 0 Å². The first-order valence-corrected chi connectivity index (χ1v) is 4.58. The van der Waals surface area contributed by atoms with E-state index in [1.165, 1.54) is 11.1 Å². The summed E-state index contributed by atoms with van der Waals surface area (Å²) in [7, 11) is 1.72. The van der Waals surface area contributed by atoms with Crippen LogP contribution in [0.15, 0.2) is 24.3 Å². The van der Waals surface area contributed by atoms with Gasteiger partial charge in [0.15, 0.2) is 0 Å². The molecule has 2 nitrogen and oxygen atoms in total. The van der Waals surface area contributed by atoms with Gasteiger partial charge in [-0.3, -0.25) is 0 Å². The number of halogens is 1. The van der Waals surface area contributed by atoms with E-state index in [1.54, 1.807) is 7.11 Å². The molecule has 1 N–H and O–H groups in total. The van der Waals surface area contributed by atoms with E-state index in [2.05, 4.69) is 36.5 Å². The lowest BCUT2D eigenvalue weighted by Crippen LogP contribution is -2.18. The van der Waals surface area contributed by atoms with Gasteiger partial charge in [0.25, 0.3) is 0 Å². The van der Waals surface area contributed by atoms with Crippen molar-refractivity contribution >= 4 is 12.4 Å². The maximum Gasteiger partial charge on any atom is 0.0587 e. The number of nitrogens with one attached hydrogen (secondary N) is 1. The maximum atomic E-state index is 4.94. The third kappa shape index (κ3) is 5.22. The summed E-state index contributed by atoms with van der Waals surface area (Å²) in [6, 6.07) is 8.56. The van der Waals surface area contributed by atoms with Crippen LogP contribution in [-0.4, -0.2) is 20.3 Å². The van der Waals surface area contributed by atoms with Crippen LogP contribution in [-0.2, 0) is 11.3 Å². The van der Waals surface area contributed by atoms with Crippen LogP contribution in [0.3, 0.4) is 0 Å². The zero-order valence-corrected chi connectivity index (χ0v) is 9.56. The van der Waals surface area contributed by atoms with Crippen molar-refractivity contribution in [3.8, 4) is 0 Å². The van der Waals surface area contributed by atoms with Crippen LogP contribution in [0.1, 0.15) is 11.1 Å². The van der Waals surface area contributed by atoms with Gasteiger partial charge in [0, 0.05) is 20.2 Å². The molecule has 80 valence electrons. The Balaban J connectivity index is 0.00000169. The fourth-order valence-corrected chi connectivity index (χ4v) is 1.11. The summed E-state index contributed by atoms with van der Waals surface area (Å²) in [5.41, 5.74) is 2.63. The summed E-state index contributed by atoms with van der Waals surface area (Å²) in [6.07, 6.45) is 0. The van der Waals surface area contributed by atoms with Crippen LogP contribution >= 0.6 is 12.4 Å². The summed E-state index contributed by atoms with van der Waals surface area (Å²) in [5.74, 6) is 0. The van der Waals surface area contributed by atoms with Crippen molar-refractivity contribution in [2.45, 2.75) is 13.5 Å². The first-order chi connectivity index (χ1) is 6.33. The van der Waals surface area contributed by atoms with E-state index in [-0.39, 0.29) is 12.4 Å². The highest BCUT2D eigenvalue weighted by Gasteiger charge is 1.91. The monoisotopic (exact) mass is 215 g/mol. The molecule has 0 spiro atoms. The first kappa shape index (κ1) is 13.4. The summed E-state index contributed by atoms with van der Waals surface area (Å²) in [6.45, 7) is 4.70. The van der Waals surface area contributed by atoms with Crippen LogP contribution in [0.4, 0.5) is 0 Å². The lowest BCUT2D eigenvalue weighted by Gasteiger charge is -2.04. The second kappa shape index (κ2) is 7.80. The molecule has 14 heavy (non-hydrogen) atoms. The van der Waals surface area contributed by atoms with E-state index in [0.717, 1.165) is 19.7 Å². The molecule has 1 rings (SSSR count). The molecule has 1 aromatic carbocycles. The minimum Gasteiger partial charge on any atom is -0.383 e. The number of ether oxygens (including phenoxy) is 1. The highest BCUT2D eigenvalue weighted by Crippen LogP contribution is 2.01. The molecule has 0 aliphatic heterocycles. The predicted octanol–water partition coefficient (Wildman–Crippen LogP) is 2.15.